The molecular formula is C16H27BrClNO. The number of halogens is 2. The van der Waals surface area contributed by atoms with Crippen LogP contribution in [0, 0.1) is 0 Å². The summed E-state index contributed by atoms with van der Waals surface area (Å²) in [6.45, 7) is 6.77. The van der Waals surface area contributed by atoms with Crippen molar-refractivity contribution in [3.8, 4) is 0 Å². The van der Waals surface area contributed by atoms with Gasteiger partial charge in [0.2, 0.25) is 0 Å². The van der Waals surface area contributed by atoms with E-state index in [1.54, 1.807) is 0 Å². The Kier molecular flexibility index (Phi) is 8.20. The molecule has 0 radical (unpaired) electrons. The van der Waals surface area contributed by atoms with Crippen molar-refractivity contribution in [2.24, 2.45) is 0 Å². The minimum atomic E-state index is 0.0435. The zero-order valence-electron chi connectivity index (χ0n) is 13.0. The number of hydrogen-bond acceptors (Lipinski definition) is 2. The Morgan fingerprint density at radius 3 is 2.10 bits per heavy atom. The third kappa shape index (κ3) is 5.40. The van der Waals surface area contributed by atoms with Crippen LogP contribution in [-0.4, -0.2) is 4.98 Å². The third-order valence-electron chi connectivity index (χ3n) is 4.02. The van der Waals surface area contributed by atoms with Crippen LogP contribution in [0.15, 0.2) is 9.02 Å². The number of nitrogens with zero attached hydrogens (tertiary/aromatic N) is 1. The average Bonchev–Trinajstić information content (AvgIpc) is 2.75. The maximum atomic E-state index is 5.91. The number of rotatable bonds is 10. The second kappa shape index (κ2) is 9.09. The Labute approximate surface area is 136 Å². The van der Waals surface area contributed by atoms with E-state index in [2.05, 4.69) is 41.7 Å². The molecule has 4 heteroatoms. The Morgan fingerprint density at radius 1 is 1.05 bits per heavy atom. The summed E-state index contributed by atoms with van der Waals surface area (Å²) in [5, 5.41) is 0.238. The predicted molar refractivity (Wildman–Crippen MR) is 89.5 cm³/mol. The molecule has 1 heterocycles. The first-order valence-electron chi connectivity index (χ1n) is 7.85. The smallest absolute Gasteiger partial charge is 0.293 e. The van der Waals surface area contributed by atoms with Crippen molar-refractivity contribution in [1.82, 2.24) is 4.98 Å². The standard InChI is InChI=1S/C16H27BrClNO/c1-4-6-8-10-12-16(3,11-9-7-5-2)13-14(17)19-15(18)20-13/h4-12H2,1-3H3. The van der Waals surface area contributed by atoms with E-state index in [4.69, 9.17) is 16.0 Å². The number of oxazole rings is 1. The van der Waals surface area contributed by atoms with E-state index in [0.717, 1.165) is 23.2 Å². The van der Waals surface area contributed by atoms with Gasteiger partial charge in [0.25, 0.3) is 5.35 Å². The molecule has 0 spiro atoms. The molecule has 20 heavy (non-hydrogen) atoms. The maximum Gasteiger partial charge on any atom is 0.293 e. The maximum absolute atomic E-state index is 5.91. The van der Waals surface area contributed by atoms with Crippen LogP contribution in [0.5, 0.6) is 0 Å². The van der Waals surface area contributed by atoms with Crippen LogP contribution in [-0.2, 0) is 5.41 Å². The van der Waals surface area contributed by atoms with Crippen molar-refractivity contribution in [3.63, 3.8) is 0 Å². The Hall–Kier alpha value is -0.0200. The van der Waals surface area contributed by atoms with E-state index < -0.39 is 0 Å². The zero-order valence-corrected chi connectivity index (χ0v) is 15.3. The summed E-state index contributed by atoms with van der Waals surface area (Å²) >= 11 is 9.40. The van der Waals surface area contributed by atoms with Crippen LogP contribution in [0.4, 0.5) is 0 Å². The number of hydrogen-bond donors (Lipinski definition) is 0. The van der Waals surface area contributed by atoms with E-state index in [1.165, 1.54) is 44.9 Å². The summed E-state index contributed by atoms with van der Waals surface area (Å²) < 4.78 is 6.45. The second-order valence-electron chi connectivity index (χ2n) is 5.92. The van der Waals surface area contributed by atoms with Crippen molar-refractivity contribution < 1.29 is 4.42 Å². The molecular weight excluding hydrogens is 338 g/mol. The highest BCUT2D eigenvalue weighted by Crippen LogP contribution is 2.40. The normalized spacial score (nSPS) is 14.4. The highest BCUT2D eigenvalue weighted by molar-refractivity contribution is 9.10. The molecule has 1 aromatic heterocycles. The topological polar surface area (TPSA) is 26.0 Å². The molecule has 0 aliphatic rings. The molecule has 0 bridgehead atoms. The van der Waals surface area contributed by atoms with E-state index in [-0.39, 0.29) is 10.8 Å². The van der Waals surface area contributed by atoms with Crippen molar-refractivity contribution in [3.05, 3.63) is 15.7 Å². The highest BCUT2D eigenvalue weighted by atomic mass is 79.9. The van der Waals surface area contributed by atoms with Gasteiger partial charge in [0.05, 0.1) is 0 Å². The van der Waals surface area contributed by atoms with Gasteiger partial charge >= 0.3 is 0 Å². The molecule has 1 aromatic rings. The first-order chi connectivity index (χ1) is 9.53. The van der Waals surface area contributed by atoms with Crippen LogP contribution < -0.4 is 0 Å². The molecule has 0 amide bonds. The van der Waals surface area contributed by atoms with Crippen molar-refractivity contribution >= 4 is 27.5 Å². The third-order valence-corrected chi connectivity index (χ3v) is 4.72. The fraction of sp³-hybridized carbons (Fsp3) is 0.812. The van der Waals surface area contributed by atoms with E-state index in [0.29, 0.717) is 0 Å². The van der Waals surface area contributed by atoms with Crippen molar-refractivity contribution in [1.29, 1.82) is 0 Å². The molecule has 0 aliphatic heterocycles. The lowest BCUT2D eigenvalue weighted by atomic mass is 9.78. The summed E-state index contributed by atoms with van der Waals surface area (Å²) in [7, 11) is 0. The van der Waals surface area contributed by atoms with Gasteiger partial charge in [0, 0.05) is 5.41 Å². The van der Waals surface area contributed by atoms with Crippen LogP contribution in [0.25, 0.3) is 0 Å². The van der Waals surface area contributed by atoms with Gasteiger partial charge in [-0.15, -0.1) is 0 Å². The number of unbranched alkanes of at least 4 members (excludes halogenated alkanes) is 5. The summed E-state index contributed by atoms with van der Waals surface area (Å²) in [5.74, 6) is 0.926. The number of aromatic nitrogens is 1. The molecule has 1 rings (SSSR count). The lowest BCUT2D eigenvalue weighted by Crippen LogP contribution is -2.22. The fourth-order valence-electron chi connectivity index (χ4n) is 2.71. The summed E-state index contributed by atoms with van der Waals surface area (Å²) in [5.41, 5.74) is 0.0435. The van der Waals surface area contributed by atoms with Gasteiger partial charge in [-0.25, -0.2) is 0 Å². The van der Waals surface area contributed by atoms with Gasteiger partial charge in [-0.1, -0.05) is 65.7 Å². The van der Waals surface area contributed by atoms with Crippen LogP contribution in [0.3, 0.4) is 0 Å². The lowest BCUT2D eigenvalue weighted by molar-refractivity contribution is 0.298. The van der Waals surface area contributed by atoms with E-state index in [9.17, 15) is 0 Å². The quantitative estimate of drug-likeness (QED) is 0.422. The zero-order chi connectivity index (χ0) is 15.0. The Morgan fingerprint density at radius 2 is 1.60 bits per heavy atom. The molecule has 2 nitrogen and oxygen atoms in total. The van der Waals surface area contributed by atoms with Gasteiger partial charge in [-0.2, -0.15) is 4.98 Å². The lowest BCUT2D eigenvalue weighted by Gasteiger charge is -2.27. The summed E-state index contributed by atoms with van der Waals surface area (Å²) in [6, 6.07) is 0. The molecule has 0 saturated carbocycles. The van der Waals surface area contributed by atoms with Gasteiger partial charge in [-0.05, 0) is 40.4 Å². The van der Waals surface area contributed by atoms with E-state index in [1.807, 2.05) is 0 Å². The van der Waals surface area contributed by atoms with E-state index >= 15 is 0 Å². The van der Waals surface area contributed by atoms with Crippen LogP contribution in [0.2, 0.25) is 5.35 Å². The predicted octanol–water partition coefficient (Wildman–Crippen LogP) is 6.90. The SMILES string of the molecule is CCCCCCC(C)(CCCCC)c1oc(Cl)nc1Br. The molecule has 0 aliphatic carbocycles. The molecule has 0 fully saturated rings. The summed E-state index contributed by atoms with van der Waals surface area (Å²) in [4.78, 5) is 4.17. The molecule has 0 saturated heterocycles. The fourth-order valence-corrected chi connectivity index (χ4v) is 3.69. The molecule has 1 unspecified atom stereocenters. The molecule has 0 N–H and O–H groups in total. The van der Waals surface area contributed by atoms with Crippen molar-refractivity contribution in [2.45, 2.75) is 84.0 Å². The highest BCUT2D eigenvalue weighted by Gasteiger charge is 2.32. The van der Waals surface area contributed by atoms with Crippen LogP contribution in [0.1, 0.15) is 84.3 Å². The minimum absolute atomic E-state index is 0.0435. The van der Waals surface area contributed by atoms with Gasteiger partial charge in [-0.3, -0.25) is 0 Å². The molecule has 116 valence electrons. The molecule has 1 atom stereocenters. The Bertz CT molecular complexity index is 394. The Balaban J connectivity index is 2.74. The first-order valence-corrected chi connectivity index (χ1v) is 9.03. The average molecular weight is 365 g/mol. The summed E-state index contributed by atoms with van der Waals surface area (Å²) in [6.07, 6.45) is 11.1. The van der Waals surface area contributed by atoms with Gasteiger partial charge in [0.1, 0.15) is 10.4 Å². The first kappa shape index (κ1) is 18.0. The largest absolute Gasteiger partial charge is 0.431 e. The van der Waals surface area contributed by atoms with Gasteiger partial charge < -0.3 is 4.42 Å². The second-order valence-corrected chi connectivity index (χ2v) is 6.99. The molecule has 0 aromatic carbocycles. The van der Waals surface area contributed by atoms with Crippen molar-refractivity contribution in [2.75, 3.05) is 0 Å². The monoisotopic (exact) mass is 363 g/mol. The van der Waals surface area contributed by atoms with Crippen LogP contribution >= 0.6 is 27.5 Å². The minimum Gasteiger partial charge on any atom is -0.431 e. The van der Waals surface area contributed by atoms with Gasteiger partial charge in [0.15, 0.2) is 0 Å².